The summed E-state index contributed by atoms with van der Waals surface area (Å²) in [5, 5.41) is 2.64. The molecule has 0 aliphatic heterocycles. The molecule has 1 atom stereocenters. The first-order valence-corrected chi connectivity index (χ1v) is 11.1. The third-order valence-corrected chi connectivity index (χ3v) is 5.64. The predicted molar refractivity (Wildman–Crippen MR) is 113 cm³/mol. The van der Waals surface area contributed by atoms with Crippen molar-refractivity contribution in [2.45, 2.75) is 32.7 Å². The zero-order chi connectivity index (χ0) is 21.3. The van der Waals surface area contributed by atoms with Crippen molar-refractivity contribution in [2.75, 3.05) is 17.7 Å². The van der Waals surface area contributed by atoms with Crippen molar-refractivity contribution >= 4 is 27.6 Å². The third-order valence-electron chi connectivity index (χ3n) is 4.10. The molecule has 2 aromatic rings. The van der Waals surface area contributed by atoms with Crippen LogP contribution in [-0.4, -0.2) is 38.7 Å². The first-order valence-electron chi connectivity index (χ1n) is 9.42. The highest BCUT2D eigenvalue weighted by Gasteiger charge is 2.21. The molecule has 0 fully saturated rings. The van der Waals surface area contributed by atoms with Gasteiger partial charge in [0.1, 0.15) is 6.04 Å². The van der Waals surface area contributed by atoms with Crippen molar-refractivity contribution in [3.8, 4) is 11.1 Å². The summed E-state index contributed by atoms with van der Waals surface area (Å²) in [5.74, 6) is -1.37. The summed E-state index contributed by atoms with van der Waals surface area (Å²) < 4.78 is 30.8. The maximum atomic E-state index is 12.0. The van der Waals surface area contributed by atoms with E-state index in [1.165, 1.54) is 6.92 Å². The maximum Gasteiger partial charge on any atom is 0.324 e. The van der Waals surface area contributed by atoms with Gasteiger partial charge in [-0.15, -0.1) is 0 Å². The molecule has 0 aliphatic rings. The summed E-state index contributed by atoms with van der Waals surface area (Å²) in [6.07, 6.45) is 1.23. The van der Waals surface area contributed by atoms with Crippen LogP contribution in [0.2, 0.25) is 0 Å². The predicted octanol–water partition coefficient (Wildman–Crippen LogP) is 2.94. The summed E-state index contributed by atoms with van der Waals surface area (Å²) in [7, 11) is -3.55. The van der Waals surface area contributed by atoms with Crippen LogP contribution in [-0.2, 0) is 24.3 Å². The minimum absolute atomic E-state index is 0.0550. The second-order valence-corrected chi connectivity index (χ2v) is 8.48. The van der Waals surface area contributed by atoms with E-state index in [0.717, 1.165) is 17.5 Å². The van der Waals surface area contributed by atoms with E-state index in [4.69, 9.17) is 4.74 Å². The molecule has 0 bridgehead atoms. The van der Waals surface area contributed by atoms with E-state index in [1.807, 2.05) is 49.4 Å². The summed E-state index contributed by atoms with van der Waals surface area (Å²) >= 11 is 0. The van der Waals surface area contributed by atoms with E-state index >= 15 is 0 Å². The first-order chi connectivity index (χ1) is 13.8. The first kappa shape index (κ1) is 22.6. The van der Waals surface area contributed by atoms with Gasteiger partial charge in [-0.1, -0.05) is 55.8 Å². The monoisotopic (exact) mass is 418 g/mol. The highest BCUT2D eigenvalue weighted by Crippen LogP contribution is 2.20. The fourth-order valence-electron chi connectivity index (χ4n) is 2.55. The number of carbonyl (C=O) groups excluding carboxylic acids is 2. The Morgan fingerprint density at radius 2 is 1.62 bits per heavy atom. The lowest BCUT2D eigenvalue weighted by atomic mass is 10.1. The number of nitrogens with one attached hydrogen (secondary N) is 2. The molecule has 2 N–H and O–H groups in total. The fourth-order valence-corrected chi connectivity index (χ4v) is 3.97. The number of hydrogen-bond acceptors (Lipinski definition) is 5. The number of hydrogen-bond donors (Lipinski definition) is 2. The molecule has 0 unspecified atom stereocenters. The summed E-state index contributed by atoms with van der Waals surface area (Å²) in [6.45, 7) is 2.76. The van der Waals surface area contributed by atoms with Gasteiger partial charge in [0, 0.05) is 5.69 Å². The van der Waals surface area contributed by atoms with Gasteiger partial charge < -0.3 is 10.1 Å². The van der Waals surface area contributed by atoms with Gasteiger partial charge in [0.2, 0.25) is 10.0 Å². The van der Waals surface area contributed by atoms with E-state index in [1.54, 1.807) is 12.1 Å². The topological polar surface area (TPSA) is 102 Å². The normalized spacial score (nSPS) is 12.2. The maximum absolute atomic E-state index is 12.0. The van der Waals surface area contributed by atoms with Crippen molar-refractivity contribution in [2.24, 2.45) is 0 Å². The highest BCUT2D eigenvalue weighted by molar-refractivity contribution is 7.89. The van der Waals surface area contributed by atoms with Crippen molar-refractivity contribution in [3.05, 3.63) is 54.6 Å². The van der Waals surface area contributed by atoms with Crippen LogP contribution in [0.5, 0.6) is 0 Å². The molecule has 29 heavy (non-hydrogen) atoms. The number of sulfonamides is 1. The Balaban J connectivity index is 1.81. The lowest BCUT2D eigenvalue weighted by Crippen LogP contribution is -2.41. The molecule has 8 heteroatoms. The highest BCUT2D eigenvalue weighted by atomic mass is 32.2. The Bertz CT molecular complexity index is 912. The van der Waals surface area contributed by atoms with Crippen molar-refractivity contribution in [3.63, 3.8) is 0 Å². The molecule has 0 spiro atoms. The minimum atomic E-state index is -3.55. The van der Waals surface area contributed by atoms with E-state index in [0.29, 0.717) is 12.1 Å². The van der Waals surface area contributed by atoms with Gasteiger partial charge >= 0.3 is 5.97 Å². The quantitative estimate of drug-likeness (QED) is 0.578. The van der Waals surface area contributed by atoms with Crippen LogP contribution < -0.4 is 10.0 Å². The lowest BCUT2D eigenvalue weighted by molar-refractivity contribution is -0.148. The number of benzene rings is 2. The van der Waals surface area contributed by atoms with E-state index in [2.05, 4.69) is 10.0 Å². The van der Waals surface area contributed by atoms with Gasteiger partial charge in [-0.25, -0.2) is 13.1 Å². The molecule has 0 heterocycles. The molecule has 0 aromatic heterocycles. The zero-order valence-electron chi connectivity index (χ0n) is 16.6. The average molecular weight is 419 g/mol. The molecule has 7 nitrogen and oxygen atoms in total. The molecular weight excluding hydrogens is 392 g/mol. The van der Waals surface area contributed by atoms with Crippen LogP contribution in [0.25, 0.3) is 11.1 Å². The molecule has 156 valence electrons. The third kappa shape index (κ3) is 7.67. The Labute approximate surface area is 171 Å². The molecular formula is C21H26N2O5S. The van der Waals surface area contributed by atoms with Crippen LogP contribution in [0.4, 0.5) is 5.69 Å². The molecule has 0 saturated heterocycles. The average Bonchev–Trinajstić information content (AvgIpc) is 2.71. The van der Waals surface area contributed by atoms with Gasteiger partial charge in [0.25, 0.3) is 5.91 Å². The van der Waals surface area contributed by atoms with Gasteiger partial charge in [-0.2, -0.15) is 0 Å². The number of ether oxygens (including phenoxy) is 1. The number of amides is 1. The summed E-state index contributed by atoms with van der Waals surface area (Å²) in [4.78, 5) is 23.9. The largest absolute Gasteiger partial charge is 0.454 e. The molecule has 0 radical (unpaired) electrons. The number of esters is 1. The molecule has 2 rings (SSSR count). The SMILES string of the molecule is CCCCS(=O)(=O)N[C@@H](C)C(=O)OCC(=O)Nc1ccc(-c2ccccc2)cc1. The standard InChI is InChI=1S/C21H26N2O5S/c1-3-4-14-29(26,27)23-16(2)21(25)28-15-20(24)22-19-12-10-18(11-13-19)17-8-6-5-7-9-17/h5-13,16,23H,3-4,14-15H2,1-2H3,(H,22,24)/t16-/m0/s1. The van der Waals surface area contributed by atoms with E-state index < -0.39 is 34.5 Å². The fraction of sp³-hybridized carbons (Fsp3) is 0.333. The van der Waals surface area contributed by atoms with Crippen LogP contribution in [0.3, 0.4) is 0 Å². The van der Waals surface area contributed by atoms with E-state index in [9.17, 15) is 18.0 Å². The second-order valence-electron chi connectivity index (χ2n) is 6.61. The summed E-state index contributed by atoms with van der Waals surface area (Å²) in [6, 6.07) is 16.0. The smallest absolute Gasteiger partial charge is 0.324 e. The van der Waals surface area contributed by atoms with Crippen LogP contribution in [0.15, 0.2) is 54.6 Å². The molecule has 2 aromatic carbocycles. The zero-order valence-corrected chi connectivity index (χ0v) is 17.4. The Morgan fingerprint density at radius 3 is 2.24 bits per heavy atom. The van der Waals surface area contributed by atoms with Crippen LogP contribution in [0.1, 0.15) is 26.7 Å². The van der Waals surface area contributed by atoms with Crippen LogP contribution >= 0.6 is 0 Å². The number of rotatable bonds is 10. The summed E-state index contributed by atoms with van der Waals surface area (Å²) in [5.41, 5.74) is 2.65. The Morgan fingerprint density at radius 1 is 1.00 bits per heavy atom. The van der Waals surface area contributed by atoms with Crippen LogP contribution in [0, 0.1) is 0 Å². The minimum Gasteiger partial charge on any atom is -0.454 e. The van der Waals surface area contributed by atoms with Crippen molar-refractivity contribution < 1.29 is 22.7 Å². The van der Waals surface area contributed by atoms with Gasteiger partial charge in [0.05, 0.1) is 5.75 Å². The van der Waals surface area contributed by atoms with Gasteiger partial charge in [-0.3, -0.25) is 9.59 Å². The lowest BCUT2D eigenvalue weighted by Gasteiger charge is -2.13. The Kier molecular flexibility index (Phi) is 8.35. The number of anilines is 1. The number of carbonyl (C=O) groups is 2. The van der Waals surface area contributed by atoms with Gasteiger partial charge in [-0.05, 0) is 36.6 Å². The van der Waals surface area contributed by atoms with Gasteiger partial charge in [0.15, 0.2) is 6.61 Å². The molecule has 1 amide bonds. The molecule has 0 saturated carbocycles. The van der Waals surface area contributed by atoms with Crippen molar-refractivity contribution in [1.82, 2.24) is 4.72 Å². The molecule has 0 aliphatic carbocycles. The number of unbranched alkanes of at least 4 members (excludes halogenated alkanes) is 1. The Hall–Kier alpha value is -2.71. The van der Waals surface area contributed by atoms with Crippen molar-refractivity contribution in [1.29, 1.82) is 0 Å². The van der Waals surface area contributed by atoms with E-state index in [-0.39, 0.29) is 5.75 Å². The second kappa shape index (κ2) is 10.7.